The van der Waals surface area contributed by atoms with Crippen LogP contribution in [0.3, 0.4) is 0 Å². The third kappa shape index (κ3) is 3.15. The highest BCUT2D eigenvalue weighted by molar-refractivity contribution is 5.95. The van der Waals surface area contributed by atoms with Crippen molar-refractivity contribution in [1.82, 2.24) is 0 Å². The van der Waals surface area contributed by atoms with Crippen LogP contribution in [0.4, 0.5) is 10.1 Å². The van der Waals surface area contributed by atoms with E-state index in [0.717, 1.165) is 6.42 Å². The van der Waals surface area contributed by atoms with E-state index in [1.807, 2.05) is 6.92 Å². The summed E-state index contributed by atoms with van der Waals surface area (Å²) >= 11 is 0. The van der Waals surface area contributed by atoms with Gasteiger partial charge in [-0.15, -0.1) is 0 Å². The van der Waals surface area contributed by atoms with Crippen LogP contribution in [0.25, 0.3) is 0 Å². The van der Waals surface area contributed by atoms with Gasteiger partial charge in [-0.25, -0.2) is 4.39 Å². The summed E-state index contributed by atoms with van der Waals surface area (Å²) in [5, 5.41) is 11.9. The van der Waals surface area contributed by atoms with Crippen molar-refractivity contribution in [1.29, 1.82) is 0 Å². The molecule has 1 amide bonds. The quantitative estimate of drug-likeness (QED) is 0.890. The first-order chi connectivity index (χ1) is 9.51. The zero-order valence-corrected chi connectivity index (χ0v) is 11.3. The van der Waals surface area contributed by atoms with Crippen LogP contribution in [0.1, 0.15) is 26.2 Å². The van der Waals surface area contributed by atoms with Crippen molar-refractivity contribution >= 4 is 17.6 Å². The zero-order chi connectivity index (χ0) is 14.7. The summed E-state index contributed by atoms with van der Waals surface area (Å²) in [5.41, 5.74) is 0.487. The molecule has 1 fully saturated rings. The van der Waals surface area contributed by atoms with Crippen LogP contribution in [-0.4, -0.2) is 17.0 Å². The number of rotatable bonds is 4. The summed E-state index contributed by atoms with van der Waals surface area (Å²) in [6.45, 7) is 2.00. The Morgan fingerprint density at radius 1 is 1.25 bits per heavy atom. The summed E-state index contributed by atoms with van der Waals surface area (Å²) in [7, 11) is 0. The van der Waals surface area contributed by atoms with Gasteiger partial charge in [0.15, 0.2) is 0 Å². The summed E-state index contributed by atoms with van der Waals surface area (Å²) in [6, 6.07) is 5.45. The highest BCUT2D eigenvalue weighted by atomic mass is 19.1. The lowest BCUT2D eigenvalue weighted by molar-refractivity contribution is -0.145. The molecule has 3 unspecified atom stereocenters. The number of carbonyl (C=O) groups excluding carboxylic acids is 1. The molecule has 1 aromatic rings. The number of carboxylic acids is 1. The van der Waals surface area contributed by atoms with E-state index in [1.165, 1.54) is 24.3 Å². The molecule has 0 radical (unpaired) electrons. The van der Waals surface area contributed by atoms with Gasteiger partial charge in [-0.1, -0.05) is 13.3 Å². The molecule has 108 valence electrons. The Balaban J connectivity index is 2.07. The van der Waals surface area contributed by atoms with Crippen molar-refractivity contribution < 1.29 is 19.1 Å². The molecule has 0 spiro atoms. The molecule has 0 aromatic heterocycles. The van der Waals surface area contributed by atoms with Gasteiger partial charge >= 0.3 is 5.97 Å². The fourth-order valence-electron chi connectivity index (χ4n) is 2.81. The average Bonchev–Trinajstić information content (AvgIpc) is 2.86. The number of nitrogens with one attached hydrogen (secondary N) is 1. The minimum atomic E-state index is -0.916. The Kier molecular flexibility index (Phi) is 4.37. The predicted molar refractivity (Wildman–Crippen MR) is 72.7 cm³/mol. The number of anilines is 1. The number of aliphatic carboxylic acids is 1. The topological polar surface area (TPSA) is 66.4 Å². The maximum atomic E-state index is 12.8. The number of carbonyl (C=O) groups is 2. The van der Waals surface area contributed by atoms with E-state index in [-0.39, 0.29) is 17.6 Å². The molecular formula is C15H18FNO3. The Morgan fingerprint density at radius 2 is 1.85 bits per heavy atom. The first-order valence-electron chi connectivity index (χ1n) is 6.80. The molecule has 0 heterocycles. The number of hydrogen-bond donors (Lipinski definition) is 2. The van der Waals surface area contributed by atoms with Gasteiger partial charge in [-0.3, -0.25) is 9.59 Å². The molecule has 1 aliphatic rings. The van der Waals surface area contributed by atoms with E-state index in [0.29, 0.717) is 18.5 Å². The molecule has 4 nitrogen and oxygen atoms in total. The molecule has 2 N–H and O–H groups in total. The van der Waals surface area contributed by atoms with E-state index in [9.17, 15) is 19.1 Å². The fraction of sp³-hybridized carbons (Fsp3) is 0.467. The second kappa shape index (κ2) is 6.03. The number of hydrogen-bond acceptors (Lipinski definition) is 2. The van der Waals surface area contributed by atoms with Crippen LogP contribution in [0.15, 0.2) is 24.3 Å². The van der Waals surface area contributed by atoms with Gasteiger partial charge in [-0.2, -0.15) is 0 Å². The molecule has 0 aliphatic heterocycles. The SMILES string of the molecule is CCC1CC(C(=O)O)C(C(=O)Nc2ccc(F)cc2)C1. The maximum absolute atomic E-state index is 12.8. The highest BCUT2D eigenvalue weighted by Crippen LogP contribution is 2.39. The molecule has 0 bridgehead atoms. The lowest BCUT2D eigenvalue weighted by Gasteiger charge is -2.15. The van der Waals surface area contributed by atoms with Crippen LogP contribution in [0.5, 0.6) is 0 Å². The van der Waals surface area contributed by atoms with Crippen molar-refractivity contribution in [2.45, 2.75) is 26.2 Å². The molecule has 0 saturated heterocycles. The molecule has 20 heavy (non-hydrogen) atoms. The summed E-state index contributed by atoms with van der Waals surface area (Å²) in [6.07, 6.45) is 2.03. The van der Waals surface area contributed by atoms with Crippen LogP contribution >= 0.6 is 0 Å². The standard InChI is InChI=1S/C15H18FNO3/c1-2-9-7-12(13(8-9)15(19)20)14(18)17-11-5-3-10(16)4-6-11/h3-6,9,12-13H,2,7-8H2,1H3,(H,17,18)(H,19,20). The van der Waals surface area contributed by atoms with Gasteiger partial charge < -0.3 is 10.4 Å². The molecular weight excluding hydrogens is 261 g/mol. The minimum Gasteiger partial charge on any atom is -0.481 e. The van der Waals surface area contributed by atoms with E-state index in [2.05, 4.69) is 5.32 Å². The van der Waals surface area contributed by atoms with Crippen LogP contribution in [0, 0.1) is 23.6 Å². The molecule has 1 aromatic carbocycles. The average molecular weight is 279 g/mol. The number of halogens is 1. The van der Waals surface area contributed by atoms with Gasteiger partial charge in [0, 0.05) is 5.69 Å². The molecule has 1 aliphatic carbocycles. The van der Waals surface area contributed by atoms with E-state index < -0.39 is 17.8 Å². The van der Waals surface area contributed by atoms with E-state index >= 15 is 0 Å². The Hall–Kier alpha value is -1.91. The van der Waals surface area contributed by atoms with Gasteiger partial charge in [0.1, 0.15) is 5.82 Å². The molecule has 2 rings (SSSR count). The van der Waals surface area contributed by atoms with Crippen molar-refractivity contribution in [3.8, 4) is 0 Å². The Labute approximate surface area is 117 Å². The summed E-state index contributed by atoms with van der Waals surface area (Å²) in [4.78, 5) is 23.5. The monoisotopic (exact) mass is 279 g/mol. The Morgan fingerprint density at radius 3 is 2.40 bits per heavy atom. The predicted octanol–water partition coefficient (Wildman–Crippen LogP) is 2.90. The van der Waals surface area contributed by atoms with Crippen LogP contribution in [0.2, 0.25) is 0 Å². The number of benzene rings is 1. The van der Waals surface area contributed by atoms with Crippen molar-refractivity contribution in [3.05, 3.63) is 30.1 Å². The molecule has 5 heteroatoms. The highest BCUT2D eigenvalue weighted by Gasteiger charge is 2.42. The Bertz CT molecular complexity index is 500. The third-order valence-corrected chi connectivity index (χ3v) is 4.00. The second-order valence-corrected chi connectivity index (χ2v) is 5.29. The van der Waals surface area contributed by atoms with Crippen LogP contribution in [-0.2, 0) is 9.59 Å². The molecule has 1 saturated carbocycles. The largest absolute Gasteiger partial charge is 0.481 e. The zero-order valence-electron chi connectivity index (χ0n) is 11.3. The number of amides is 1. The first-order valence-corrected chi connectivity index (χ1v) is 6.80. The van der Waals surface area contributed by atoms with Crippen molar-refractivity contribution in [2.24, 2.45) is 17.8 Å². The van der Waals surface area contributed by atoms with Gasteiger partial charge in [0.25, 0.3) is 0 Å². The van der Waals surface area contributed by atoms with Crippen LogP contribution < -0.4 is 5.32 Å². The lowest BCUT2D eigenvalue weighted by Crippen LogP contribution is -2.29. The fourth-order valence-corrected chi connectivity index (χ4v) is 2.81. The molecule has 3 atom stereocenters. The maximum Gasteiger partial charge on any atom is 0.307 e. The summed E-state index contributed by atoms with van der Waals surface area (Å²) < 4.78 is 12.8. The van der Waals surface area contributed by atoms with Gasteiger partial charge in [0.05, 0.1) is 11.8 Å². The first kappa shape index (κ1) is 14.5. The normalized spacial score (nSPS) is 25.4. The van der Waals surface area contributed by atoms with Gasteiger partial charge in [-0.05, 0) is 43.0 Å². The van der Waals surface area contributed by atoms with Gasteiger partial charge in [0.2, 0.25) is 5.91 Å². The second-order valence-electron chi connectivity index (χ2n) is 5.29. The smallest absolute Gasteiger partial charge is 0.307 e. The third-order valence-electron chi connectivity index (χ3n) is 4.00. The van der Waals surface area contributed by atoms with Crippen molar-refractivity contribution in [3.63, 3.8) is 0 Å². The van der Waals surface area contributed by atoms with Crippen molar-refractivity contribution in [2.75, 3.05) is 5.32 Å². The number of carboxylic acid groups (broad SMARTS) is 1. The van der Waals surface area contributed by atoms with E-state index in [1.54, 1.807) is 0 Å². The minimum absolute atomic E-state index is 0.278. The summed E-state index contributed by atoms with van der Waals surface area (Å²) in [5.74, 6) is -2.44. The van der Waals surface area contributed by atoms with E-state index in [4.69, 9.17) is 0 Å². The lowest BCUT2D eigenvalue weighted by atomic mass is 9.95.